The van der Waals surface area contributed by atoms with Crippen molar-refractivity contribution >= 4 is 44.9 Å². The third kappa shape index (κ3) is 3.46. The Bertz CT molecular complexity index is 682. The summed E-state index contributed by atoms with van der Waals surface area (Å²) in [4.78, 5) is 13.0. The number of amides is 1. The normalized spacial score (nSPS) is 13.4. The number of hydrogen-bond acceptors (Lipinski definition) is 4. The van der Waals surface area contributed by atoms with Gasteiger partial charge in [0.15, 0.2) is 11.5 Å². The van der Waals surface area contributed by atoms with Gasteiger partial charge in [-0.2, -0.15) is 0 Å². The van der Waals surface area contributed by atoms with Crippen molar-refractivity contribution in [2.45, 2.75) is 0 Å². The minimum absolute atomic E-state index is 0.194. The standard InChI is InChI=1S/C15H12BrNO3S/c16-11-8-13-14(20-6-5-19-13)9-12(11)17-15(18)4-3-10-2-1-7-21-10/h1-4,7-9H,5-6H2,(H,17,18). The van der Waals surface area contributed by atoms with Crippen LogP contribution in [0.25, 0.3) is 6.08 Å². The van der Waals surface area contributed by atoms with Gasteiger partial charge in [0.25, 0.3) is 0 Å². The first-order chi connectivity index (χ1) is 10.2. The Kier molecular flexibility index (Phi) is 4.26. The van der Waals surface area contributed by atoms with E-state index in [0.29, 0.717) is 30.4 Å². The van der Waals surface area contributed by atoms with E-state index < -0.39 is 0 Å². The zero-order chi connectivity index (χ0) is 14.7. The molecule has 108 valence electrons. The van der Waals surface area contributed by atoms with Crippen LogP contribution in [0.3, 0.4) is 0 Å². The maximum absolute atomic E-state index is 11.9. The quantitative estimate of drug-likeness (QED) is 0.838. The molecule has 1 aliphatic heterocycles. The number of carbonyl (C=O) groups excluding carboxylic acids is 1. The fourth-order valence-electron chi connectivity index (χ4n) is 1.88. The molecule has 2 aromatic rings. The van der Waals surface area contributed by atoms with Gasteiger partial charge < -0.3 is 14.8 Å². The summed E-state index contributed by atoms with van der Waals surface area (Å²) < 4.78 is 11.7. The van der Waals surface area contributed by atoms with E-state index in [-0.39, 0.29) is 5.91 Å². The SMILES string of the molecule is O=C(C=Cc1cccs1)Nc1cc2c(cc1Br)OCCO2. The van der Waals surface area contributed by atoms with Crippen LogP contribution in [0.2, 0.25) is 0 Å². The number of fused-ring (bicyclic) bond motifs is 1. The first-order valence-electron chi connectivity index (χ1n) is 6.34. The Morgan fingerprint density at radius 1 is 1.29 bits per heavy atom. The van der Waals surface area contributed by atoms with Gasteiger partial charge in [-0.05, 0) is 33.5 Å². The lowest BCUT2D eigenvalue weighted by molar-refractivity contribution is -0.111. The molecule has 1 aromatic carbocycles. The Balaban J connectivity index is 1.73. The number of rotatable bonds is 3. The highest BCUT2D eigenvalue weighted by Gasteiger charge is 2.15. The van der Waals surface area contributed by atoms with Gasteiger partial charge >= 0.3 is 0 Å². The molecule has 0 bridgehead atoms. The van der Waals surface area contributed by atoms with E-state index in [1.807, 2.05) is 17.5 Å². The Morgan fingerprint density at radius 3 is 2.76 bits per heavy atom. The van der Waals surface area contributed by atoms with Crippen molar-refractivity contribution in [3.63, 3.8) is 0 Å². The van der Waals surface area contributed by atoms with Gasteiger partial charge in [-0.3, -0.25) is 4.79 Å². The fourth-order valence-corrected chi connectivity index (χ4v) is 2.92. The number of nitrogens with one attached hydrogen (secondary N) is 1. The second-order valence-corrected chi connectivity index (χ2v) is 6.15. The summed E-state index contributed by atoms with van der Waals surface area (Å²) in [6.45, 7) is 1.05. The zero-order valence-corrected chi connectivity index (χ0v) is 13.4. The van der Waals surface area contributed by atoms with E-state index >= 15 is 0 Å². The summed E-state index contributed by atoms with van der Waals surface area (Å²) in [6.07, 6.45) is 3.29. The number of halogens is 1. The predicted molar refractivity (Wildman–Crippen MR) is 87.1 cm³/mol. The van der Waals surface area contributed by atoms with Crippen molar-refractivity contribution in [2.75, 3.05) is 18.5 Å². The molecule has 6 heteroatoms. The molecular weight excluding hydrogens is 354 g/mol. The smallest absolute Gasteiger partial charge is 0.248 e. The van der Waals surface area contributed by atoms with Gasteiger partial charge in [0.1, 0.15) is 13.2 Å². The van der Waals surface area contributed by atoms with Gasteiger partial charge in [0.2, 0.25) is 5.91 Å². The zero-order valence-electron chi connectivity index (χ0n) is 11.0. The highest BCUT2D eigenvalue weighted by Crippen LogP contribution is 2.38. The van der Waals surface area contributed by atoms with E-state index in [4.69, 9.17) is 9.47 Å². The topological polar surface area (TPSA) is 47.6 Å². The molecule has 0 aliphatic carbocycles. The Labute approximate surface area is 134 Å². The molecule has 0 spiro atoms. The van der Waals surface area contributed by atoms with Crippen molar-refractivity contribution in [1.29, 1.82) is 0 Å². The van der Waals surface area contributed by atoms with Crippen LogP contribution in [0.4, 0.5) is 5.69 Å². The molecule has 21 heavy (non-hydrogen) atoms. The number of ether oxygens (including phenoxy) is 2. The molecule has 4 nitrogen and oxygen atoms in total. The molecule has 0 saturated heterocycles. The van der Waals surface area contributed by atoms with E-state index in [1.165, 1.54) is 6.08 Å². The van der Waals surface area contributed by atoms with E-state index in [0.717, 1.165) is 9.35 Å². The first-order valence-corrected chi connectivity index (χ1v) is 8.01. The number of carbonyl (C=O) groups is 1. The fraction of sp³-hybridized carbons (Fsp3) is 0.133. The summed E-state index contributed by atoms with van der Waals surface area (Å²) in [7, 11) is 0. The number of thiophene rings is 1. The van der Waals surface area contributed by atoms with Crippen LogP contribution in [-0.4, -0.2) is 19.1 Å². The molecule has 0 fully saturated rings. The van der Waals surface area contributed by atoms with Crippen LogP contribution in [0, 0.1) is 0 Å². The Hall–Kier alpha value is -1.79. The monoisotopic (exact) mass is 365 g/mol. The average molecular weight is 366 g/mol. The summed E-state index contributed by atoms with van der Waals surface area (Å²) in [6, 6.07) is 7.45. The van der Waals surface area contributed by atoms with Crippen LogP contribution in [-0.2, 0) is 4.79 Å². The molecule has 3 rings (SSSR count). The van der Waals surface area contributed by atoms with Gasteiger partial charge in [0.05, 0.1) is 5.69 Å². The average Bonchev–Trinajstić information content (AvgIpc) is 2.99. The van der Waals surface area contributed by atoms with Crippen LogP contribution < -0.4 is 14.8 Å². The molecule has 1 aromatic heterocycles. The van der Waals surface area contributed by atoms with Crippen LogP contribution >= 0.6 is 27.3 Å². The third-order valence-electron chi connectivity index (χ3n) is 2.83. The lowest BCUT2D eigenvalue weighted by atomic mass is 10.2. The van der Waals surface area contributed by atoms with Gasteiger partial charge in [-0.15, -0.1) is 11.3 Å². The molecule has 2 heterocycles. The van der Waals surface area contributed by atoms with Crippen LogP contribution in [0.1, 0.15) is 4.88 Å². The highest BCUT2D eigenvalue weighted by molar-refractivity contribution is 9.10. The number of anilines is 1. The van der Waals surface area contributed by atoms with E-state index in [1.54, 1.807) is 29.5 Å². The minimum Gasteiger partial charge on any atom is -0.486 e. The van der Waals surface area contributed by atoms with Crippen molar-refractivity contribution in [3.8, 4) is 11.5 Å². The van der Waals surface area contributed by atoms with Gasteiger partial charge in [-0.25, -0.2) is 0 Å². The summed E-state index contributed by atoms with van der Waals surface area (Å²) in [5, 5.41) is 4.79. The number of hydrogen-bond donors (Lipinski definition) is 1. The Morgan fingerprint density at radius 2 is 2.05 bits per heavy atom. The largest absolute Gasteiger partial charge is 0.486 e. The van der Waals surface area contributed by atoms with Crippen LogP contribution in [0.5, 0.6) is 11.5 Å². The second-order valence-electron chi connectivity index (χ2n) is 4.31. The van der Waals surface area contributed by atoms with E-state index in [2.05, 4.69) is 21.2 Å². The van der Waals surface area contributed by atoms with Gasteiger partial charge in [-0.1, -0.05) is 6.07 Å². The first kappa shape index (κ1) is 14.2. The van der Waals surface area contributed by atoms with E-state index in [9.17, 15) is 4.79 Å². The lowest BCUT2D eigenvalue weighted by Gasteiger charge is -2.19. The van der Waals surface area contributed by atoms with Crippen molar-refractivity contribution < 1.29 is 14.3 Å². The molecule has 1 aliphatic rings. The molecule has 0 saturated carbocycles. The number of benzene rings is 1. The maximum atomic E-state index is 11.9. The van der Waals surface area contributed by atoms with Gasteiger partial charge in [0, 0.05) is 27.6 Å². The molecule has 0 unspecified atom stereocenters. The summed E-state index contributed by atoms with van der Waals surface area (Å²) in [5.41, 5.74) is 0.653. The van der Waals surface area contributed by atoms with Crippen molar-refractivity contribution in [2.24, 2.45) is 0 Å². The third-order valence-corrected chi connectivity index (χ3v) is 4.33. The molecule has 1 N–H and O–H groups in total. The van der Waals surface area contributed by atoms with Crippen molar-refractivity contribution in [1.82, 2.24) is 0 Å². The summed E-state index contributed by atoms with van der Waals surface area (Å²) >= 11 is 5.00. The molecule has 1 amide bonds. The molecular formula is C15H12BrNO3S. The predicted octanol–water partition coefficient (Wildman–Crippen LogP) is 3.93. The van der Waals surface area contributed by atoms with Crippen LogP contribution in [0.15, 0.2) is 40.2 Å². The summed E-state index contributed by atoms with van der Waals surface area (Å²) in [5.74, 6) is 1.13. The molecule has 0 atom stereocenters. The minimum atomic E-state index is -0.194. The lowest BCUT2D eigenvalue weighted by Crippen LogP contribution is -2.16. The molecule has 0 radical (unpaired) electrons. The van der Waals surface area contributed by atoms with Crippen molar-refractivity contribution in [3.05, 3.63) is 45.1 Å². The second kappa shape index (κ2) is 6.32. The highest BCUT2D eigenvalue weighted by atomic mass is 79.9. The maximum Gasteiger partial charge on any atom is 0.248 e.